The average Bonchev–Trinajstić information content (AvgIpc) is 3.20. The number of hydrogen-bond acceptors (Lipinski definition) is 4. The molecule has 0 saturated carbocycles. The summed E-state index contributed by atoms with van der Waals surface area (Å²) in [4.78, 5) is 15.1. The summed E-state index contributed by atoms with van der Waals surface area (Å²) in [5.41, 5.74) is 12.0. The maximum absolute atomic E-state index is 14.3. The van der Waals surface area contributed by atoms with Gasteiger partial charge in [-0.1, -0.05) is 24.3 Å². The van der Waals surface area contributed by atoms with E-state index in [1.165, 1.54) is 11.6 Å². The minimum Gasteiger partial charge on any atom is -0.355 e. The lowest BCUT2D eigenvalue weighted by Crippen LogP contribution is -2.33. The summed E-state index contributed by atoms with van der Waals surface area (Å²) in [7, 11) is 0. The Balaban J connectivity index is 1.62. The number of imidazole rings is 1. The van der Waals surface area contributed by atoms with Gasteiger partial charge in [-0.3, -0.25) is 4.98 Å². The molecule has 5 nitrogen and oxygen atoms in total. The summed E-state index contributed by atoms with van der Waals surface area (Å²) < 4.78 is 14.3. The van der Waals surface area contributed by atoms with Gasteiger partial charge in [-0.05, 0) is 60.7 Å². The number of anilines is 1. The Morgan fingerprint density at radius 2 is 2.03 bits per heavy atom. The van der Waals surface area contributed by atoms with Crippen LogP contribution in [0.4, 0.5) is 10.1 Å². The SMILES string of the molecule is NCc1ccc(F)cc1N(Cc1nc2ccccc2[nH]1)C1CCCc2cccnc21. The van der Waals surface area contributed by atoms with Crippen molar-refractivity contribution in [2.45, 2.75) is 38.4 Å². The standard InChI is InChI=1S/C24H24FN5/c25-18-11-10-17(14-26)22(13-18)30(15-23-28-19-7-1-2-8-20(19)29-23)21-9-3-5-16-6-4-12-27-24(16)21/h1-2,4,6-8,10-13,21H,3,5,9,14-15,26H2,(H,28,29). The van der Waals surface area contributed by atoms with Gasteiger partial charge in [0.05, 0.1) is 29.3 Å². The molecule has 0 spiro atoms. The average molecular weight is 401 g/mol. The van der Waals surface area contributed by atoms with Crippen molar-refractivity contribution in [3.05, 3.63) is 89.3 Å². The lowest BCUT2D eigenvalue weighted by atomic mass is 9.90. The predicted molar refractivity (Wildman–Crippen MR) is 116 cm³/mol. The van der Waals surface area contributed by atoms with Crippen LogP contribution in [-0.2, 0) is 19.5 Å². The molecule has 5 rings (SSSR count). The molecule has 3 N–H and O–H groups in total. The Kier molecular flexibility index (Phi) is 4.93. The second kappa shape index (κ2) is 7.88. The molecule has 0 aliphatic heterocycles. The smallest absolute Gasteiger partial charge is 0.126 e. The van der Waals surface area contributed by atoms with Gasteiger partial charge in [0.2, 0.25) is 0 Å². The molecule has 2 aromatic heterocycles. The molecule has 0 amide bonds. The maximum atomic E-state index is 14.3. The zero-order valence-corrected chi connectivity index (χ0v) is 16.7. The number of aromatic nitrogens is 3. The number of rotatable bonds is 5. The molecule has 2 aromatic carbocycles. The minimum atomic E-state index is -0.270. The highest BCUT2D eigenvalue weighted by Crippen LogP contribution is 2.38. The normalized spacial score (nSPS) is 15.9. The number of hydrogen-bond donors (Lipinski definition) is 2. The fourth-order valence-electron chi connectivity index (χ4n) is 4.47. The highest BCUT2D eigenvalue weighted by Gasteiger charge is 2.29. The number of aryl methyl sites for hydroxylation is 1. The van der Waals surface area contributed by atoms with Gasteiger partial charge < -0.3 is 15.6 Å². The van der Waals surface area contributed by atoms with Crippen LogP contribution in [0.3, 0.4) is 0 Å². The molecule has 0 bridgehead atoms. The first kappa shape index (κ1) is 18.8. The first-order valence-corrected chi connectivity index (χ1v) is 10.4. The van der Waals surface area contributed by atoms with E-state index in [0.29, 0.717) is 13.1 Å². The van der Waals surface area contributed by atoms with Gasteiger partial charge in [0, 0.05) is 18.4 Å². The molecular formula is C24H24FN5. The summed E-state index contributed by atoms with van der Waals surface area (Å²) in [5, 5.41) is 0. The van der Waals surface area contributed by atoms with Crippen LogP contribution in [0.5, 0.6) is 0 Å². The second-order valence-electron chi connectivity index (χ2n) is 7.76. The van der Waals surface area contributed by atoms with Crippen LogP contribution in [-0.4, -0.2) is 15.0 Å². The number of H-pyrrole nitrogens is 1. The zero-order chi connectivity index (χ0) is 20.5. The quantitative estimate of drug-likeness (QED) is 0.511. The third kappa shape index (κ3) is 3.44. The van der Waals surface area contributed by atoms with E-state index in [0.717, 1.165) is 53.1 Å². The predicted octanol–water partition coefficient (Wildman–Crippen LogP) is 4.64. The van der Waals surface area contributed by atoms with Crippen LogP contribution in [0.15, 0.2) is 60.8 Å². The molecule has 0 fully saturated rings. The highest BCUT2D eigenvalue weighted by molar-refractivity contribution is 5.74. The summed E-state index contributed by atoms with van der Waals surface area (Å²) >= 11 is 0. The van der Waals surface area contributed by atoms with Crippen LogP contribution in [0.2, 0.25) is 0 Å². The second-order valence-corrected chi connectivity index (χ2v) is 7.76. The molecule has 6 heteroatoms. The van der Waals surface area contributed by atoms with E-state index in [9.17, 15) is 4.39 Å². The molecule has 0 saturated heterocycles. The third-order valence-electron chi connectivity index (χ3n) is 5.88. The lowest BCUT2D eigenvalue weighted by Gasteiger charge is -2.37. The Labute approximate surface area is 174 Å². The number of benzene rings is 2. The molecular weight excluding hydrogens is 377 g/mol. The highest BCUT2D eigenvalue weighted by atomic mass is 19.1. The fourth-order valence-corrected chi connectivity index (χ4v) is 4.47. The summed E-state index contributed by atoms with van der Waals surface area (Å²) in [6.45, 7) is 0.861. The van der Waals surface area contributed by atoms with Gasteiger partial charge in [-0.2, -0.15) is 0 Å². The minimum absolute atomic E-state index is 0.0373. The van der Waals surface area contributed by atoms with Gasteiger partial charge in [0.1, 0.15) is 11.6 Å². The number of nitrogens with zero attached hydrogens (tertiary/aromatic N) is 3. The number of nitrogens with two attached hydrogens (primary N) is 1. The molecule has 0 radical (unpaired) electrons. The van der Waals surface area contributed by atoms with E-state index < -0.39 is 0 Å². The van der Waals surface area contributed by atoms with E-state index in [-0.39, 0.29) is 11.9 Å². The van der Waals surface area contributed by atoms with Crippen molar-refractivity contribution in [1.29, 1.82) is 0 Å². The van der Waals surface area contributed by atoms with Crippen molar-refractivity contribution in [2.24, 2.45) is 5.73 Å². The molecule has 152 valence electrons. The van der Waals surface area contributed by atoms with E-state index in [1.54, 1.807) is 12.1 Å². The van der Waals surface area contributed by atoms with Gasteiger partial charge in [0.15, 0.2) is 0 Å². The van der Waals surface area contributed by atoms with Gasteiger partial charge in [0.25, 0.3) is 0 Å². The number of para-hydroxylation sites is 2. The van der Waals surface area contributed by atoms with E-state index >= 15 is 0 Å². The molecule has 2 heterocycles. The number of halogens is 1. The first-order chi connectivity index (χ1) is 14.7. The van der Waals surface area contributed by atoms with Crippen LogP contribution in [0, 0.1) is 5.82 Å². The Hall–Kier alpha value is -3.25. The van der Waals surface area contributed by atoms with Crippen LogP contribution < -0.4 is 10.6 Å². The third-order valence-corrected chi connectivity index (χ3v) is 5.88. The number of aromatic amines is 1. The number of pyridine rings is 1. The summed E-state index contributed by atoms with van der Waals surface area (Å²) in [6.07, 6.45) is 4.87. The summed E-state index contributed by atoms with van der Waals surface area (Å²) in [5.74, 6) is 0.570. The molecule has 1 aliphatic rings. The van der Waals surface area contributed by atoms with Crippen molar-refractivity contribution in [1.82, 2.24) is 15.0 Å². The molecule has 1 unspecified atom stereocenters. The Morgan fingerprint density at radius 3 is 2.90 bits per heavy atom. The lowest BCUT2D eigenvalue weighted by molar-refractivity contribution is 0.499. The van der Waals surface area contributed by atoms with Gasteiger partial charge >= 0.3 is 0 Å². The van der Waals surface area contributed by atoms with Crippen molar-refractivity contribution in [3.8, 4) is 0 Å². The molecule has 30 heavy (non-hydrogen) atoms. The van der Waals surface area contributed by atoms with Gasteiger partial charge in [-0.15, -0.1) is 0 Å². The molecule has 4 aromatic rings. The topological polar surface area (TPSA) is 70.8 Å². The van der Waals surface area contributed by atoms with E-state index in [2.05, 4.69) is 16.0 Å². The largest absolute Gasteiger partial charge is 0.355 e. The zero-order valence-electron chi connectivity index (χ0n) is 16.7. The van der Waals surface area contributed by atoms with Crippen LogP contribution in [0.25, 0.3) is 11.0 Å². The first-order valence-electron chi connectivity index (χ1n) is 10.4. The number of nitrogens with one attached hydrogen (secondary N) is 1. The maximum Gasteiger partial charge on any atom is 0.126 e. The van der Waals surface area contributed by atoms with Crippen molar-refractivity contribution < 1.29 is 4.39 Å². The Morgan fingerprint density at radius 1 is 1.13 bits per heavy atom. The fraction of sp³-hybridized carbons (Fsp3) is 0.250. The summed E-state index contributed by atoms with van der Waals surface area (Å²) in [6, 6.07) is 17.0. The van der Waals surface area contributed by atoms with E-state index in [1.807, 2.05) is 36.5 Å². The van der Waals surface area contributed by atoms with Crippen molar-refractivity contribution in [2.75, 3.05) is 4.90 Å². The van der Waals surface area contributed by atoms with Crippen LogP contribution >= 0.6 is 0 Å². The van der Waals surface area contributed by atoms with Crippen molar-refractivity contribution >= 4 is 16.7 Å². The van der Waals surface area contributed by atoms with Crippen LogP contribution in [0.1, 0.15) is 41.5 Å². The molecule has 1 atom stereocenters. The van der Waals surface area contributed by atoms with E-state index in [4.69, 9.17) is 15.7 Å². The van der Waals surface area contributed by atoms with Gasteiger partial charge in [-0.25, -0.2) is 9.37 Å². The number of fused-ring (bicyclic) bond motifs is 2. The Bertz CT molecular complexity index is 1150. The monoisotopic (exact) mass is 401 g/mol. The molecule has 1 aliphatic carbocycles. The van der Waals surface area contributed by atoms with Crippen molar-refractivity contribution in [3.63, 3.8) is 0 Å².